The van der Waals surface area contributed by atoms with E-state index in [1.165, 1.54) is 6.07 Å². The molecule has 0 saturated carbocycles. The molecular weight excluding hydrogens is 271 g/mol. The first kappa shape index (κ1) is 13.2. The average molecular weight is 287 g/mol. The van der Waals surface area contributed by atoms with Crippen molar-refractivity contribution in [2.45, 2.75) is 25.7 Å². The van der Waals surface area contributed by atoms with Crippen LogP contribution in [0.5, 0.6) is 5.75 Å². The van der Waals surface area contributed by atoms with Gasteiger partial charge in [-0.2, -0.15) is 0 Å². The Bertz CT molecular complexity index is 339. The Labute approximate surface area is 104 Å². The molecule has 88 valence electrons. The van der Waals surface area contributed by atoms with Crippen molar-refractivity contribution in [2.75, 3.05) is 6.61 Å². The zero-order valence-corrected chi connectivity index (χ0v) is 10.8. The normalized spacial score (nSPS) is 10.1. The van der Waals surface area contributed by atoms with Crippen molar-refractivity contribution in [3.05, 3.63) is 41.1 Å². The maximum atomic E-state index is 12.9. The zero-order valence-electron chi connectivity index (χ0n) is 9.22. The van der Waals surface area contributed by atoms with Gasteiger partial charge in [-0.3, -0.25) is 0 Å². The molecule has 0 N–H and O–H groups in total. The van der Waals surface area contributed by atoms with E-state index in [-0.39, 0.29) is 5.82 Å². The molecule has 1 nitrogen and oxygen atoms in total. The molecule has 0 unspecified atom stereocenters. The fraction of sp³-hybridized carbons (Fsp3) is 0.385. The zero-order chi connectivity index (χ0) is 11.8. The molecule has 0 bridgehead atoms. The molecule has 0 aliphatic heterocycles. The van der Waals surface area contributed by atoms with E-state index < -0.39 is 0 Å². The predicted molar refractivity (Wildman–Crippen MR) is 68.3 cm³/mol. The van der Waals surface area contributed by atoms with Crippen LogP contribution in [0.15, 0.2) is 35.3 Å². The molecule has 0 fully saturated rings. The second-order valence-corrected chi connectivity index (χ2v) is 4.42. The summed E-state index contributed by atoms with van der Waals surface area (Å²) in [4.78, 5) is 0. The first-order valence-electron chi connectivity index (χ1n) is 5.43. The molecule has 0 amide bonds. The topological polar surface area (TPSA) is 9.23 Å². The molecule has 0 spiro atoms. The lowest BCUT2D eigenvalue weighted by molar-refractivity contribution is 0.305. The highest BCUT2D eigenvalue weighted by Crippen LogP contribution is 2.21. The van der Waals surface area contributed by atoms with Crippen LogP contribution in [0.4, 0.5) is 4.39 Å². The highest BCUT2D eigenvalue weighted by atomic mass is 79.9. The third-order valence-electron chi connectivity index (χ3n) is 2.21. The highest BCUT2D eigenvalue weighted by molar-refractivity contribution is 9.10. The predicted octanol–water partition coefficient (Wildman–Crippen LogP) is 4.71. The summed E-state index contributed by atoms with van der Waals surface area (Å²) < 4.78 is 18.9. The van der Waals surface area contributed by atoms with Crippen molar-refractivity contribution in [1.29, 1.82) is 0 Å². The van der Waals surface area contributed by atoms with Crippen molar-refractivity contribution in [1.82, 2.24) is 0 Å². The molecule has 1 aromatic carbocycles. The lowest BCUT2D eigenvalue weighted by atomic mass is 10.2. The van der Waals surface area contributed by atoms with E-state index in [0.717, 1.165) is 25.7 Å². The monoisotopic (exact) mass is 286 g/mol. The molecule has 0 heterocycles. The Balaban J connectivity index is 2.21. The first-order valence-corrected chi connectivity index (χ1v) is 6.22. The summed E-state index contributed by atoms with van der Waals surface area (Å²) in [7, 11) is 0. The summed E-state index contributed by atoms with van der Waals surface area (Å²) in [6.07, 6.45) is 6.29. The Morgan fingerprint density at radius 3 is 2.81 bits per heavy atom. The molecule has 1 aromatic rings. The minimum atomic E-state index is -0.265. The van der Waals surface area contributed by atoms with E-state index in [0.29, 0.717) is 16.8 Å². The van der Waals surface area contributed by atoms with Gasteiger partial charge < -0.3 is 4.74 Å². The maximum absolute atomic E-state index is 12.9. The molecule has 0 radical (unpaired) electrons. The second kappa shape index (κ2) is 7.44. The van der Waals surface area contributed by atoms with Gasteiger partial charge in [-0.15, -0.1) is 6.58 Å². The number of allylic oxidation sites excluding steroid dienone is 1. The van der Waals surface area contributed by atoms with Gasteiger partial charge >= 0.3 is 0 Å². The minimum absolute atomic E-state index is 0.265. The van der Waals surface area contributed by atoms with Crippen LogP contribution in [0.3, 0.4) is 0 Å². The second-order valence-electron chi connectivity index (χ2n) is 3.56. The lowest BCUT2D eigenvalue weighted by Crippen LogP contribution is -1.97. The van der Waals surface area contributed by atoms with E-state index >= 15 is 0 Å². The van der Waals surface area contributed by atoms with Crippen molar-refractivity contribution < 1.29 is 9.13 Å². The summed E-state index contributed by atoms with van der Waals surface area (Å²) in [6, 6.07) is 4.69. The summed E-state index contributed by atoms with van der Waals surface area (Å²) in [5.74, 6) is 0.440. The summed E-state index contributed by atoms with van der Waals surface area (Å²) in [5.41, 5.74) is 0. The summed E-state index contributed by atoms with van der Waals surface area (Å²) in [5, 5.41) is 0. The fourth-order valence-electron chi connectivity index (χ4n) is 1.32. The van der Waals surface area contributed by atoms with E-state index in [1.807, 2.05) is 6.08 Å². The minimum Gasteiger partial charge on any atom is -0.494 e. The number of hydrogen-bond donors (Lipinski definition) is 0. The van der Waals surface area contributed by atoms with Crippen LogP contribution in [0.1, 0.15) is 25.7 Å². The van der Waals surface area contributed by atoms with Gasteiger partial charge in [-0.1, -0.05) is 6.08 Å². The van der Waals surface area contributed by atoms with Crippen LogP contribution in [0.2, 0.25) is 0 Å². The number of ether oxygens (including phenoxy) is 1. The average Bonchev–Trinajstić information content (AvgIpc) is 2.28. The smallest absolute Gasteiger partial charge is 0.137 e. The standard InChI is InChI=1S/C13H16BrFO/c1-2-3-4-5-6-9-16-11-7-8-13(15)12(14)10-11/h2,7-8,10H,1,3-6,9H2. The Hall–Kier alpha value is -0.830. The van der Waals surface area contributed by atoms with E-state index in [9.17, 15) is 4.39 Å². The van der Waals surface area contributed by atoms with Gasteiger partial charge in [0.05, 0.1) is 11.1 Å². The van der Waals surface area contributed by atoms with Gasteiger partial charge in [-0.25, -0.2) is 4.39 Å². The third-order valence-corrected chi connectivity index (χ3v) is 2.82. The molecule has 0 aromatic heterocycles. The molecule has 0 aliphatic carbocycles. The van der Waals surface area contributed by atoms with E-state index in [1.54, 1.807) is 12.1 Å². The van der Waals surface area contributed by atoms with Crippen molar-refractivity contribution >= 4 is 15.9 Å². The van der Waals surface area contributed by atoms with E-state index in [4.69, 9.17) is 4.74 Å². The van der Waals surface area contributed by atoms with Crippen LogP contribution in [0, 0.1) is 5.82 Å². The molecule has 0 saturated heterocycles. The van der Waals surface area contributed by atoms with Crippen LogP contribution in [-0.4, -0.2) is 6.61 Å². The quantitative estimate of drug-likeness (QED) is 0.521. The molecular formula is C13H16BrFO. The molecule has 0 atom stereocenters. The van der Waals surface area contributed by atoms with Crippen LogP contribution in [-0.2, 0) is 0 Å². The number of unbranched alkanes of at least 4 members (excludes halogenated alkanes) is 3. The number of benzene rings is 1. The number of hydrogen-bond acceptors (Lipinski definition) is 1. The van der Waals surface area contributed by atoms with Gasteiger partial charge in [0, 0.05) is 0 Å². The lowest BCUT2D eigenvalue weighted by Gasteiger charge is -2.06. The highest BCUT2D eigenvalue weighted by Gasteiger charge is 2.00. The van der Waals surface area contributed by atoms with Crippen LogP contribution >= 0.6 is 15.9 Å². The van der Waals surface area contributed by atoms with Crippen LogP contribution < -0.4 is 4.74 Å². The van der Waals surface area contributed by atoms with Crippen LogP contribution in [0.25, 0.3) is 0 Å². The molecule has 16 heavy (non-hydrogen) atoms. The Kier molecular flexibility index (Phi) is 6.16. The molecule has 0 aliphatic rings. The van der Waals surface area contributed by atoms with Gasteiger partial charge in [-0.05, 0) is 59.8 Å². The molecule has 3 heteroatoms. The van der Waals surface area contributed by atoms with E-state index in [2.05, 4.69) is 22.5 Å². The molecule has 1 rings (SSSR count). The van der Waals surface area contributed by atoms with Gasteiger partial charge in [0.25, 0.3) is 0 Å². The SMILES string of the molecule is C=CCCCCCOc1ccc(F)c(Br)c1. The Morgan fingerprint density at radius 1 is 1.31 bits per heavy atom. The Morgan fingerprint density at radius 2 is 2.12 bits per heavy atom. The largest absolute Gasteiger partial charge is 0.494 e. The maximum Gasteiger partial charge on any atom is 0.137 e. The third kappa shape index (κ3) is 4.79. The van der Waals surface area contributed by atoms with Gasteiger partial charge in [0.2, 0.25) is 0 Å². The van der Waals surface area contributed by atoms with Crippen molar-refractivity contribution in [3.63, 3.8) is 0 Å². The summed E-state index contributed by atoms with van der Waals surface area (Å²) in [6.45, 7) is 4.35. The first-order chi connectivity index (χ1) is 7.74. The fourth-order valence-corrected chi connectivity index (χ4v) is 1.68. The van der Waals surface area contributed by atoms with Crippen molar-refractivity contribution in [3.8, 4) is 5.75 Å². The summed E-state index contributed by atoms with van der Waals surface area (Å²) >= 11 is 3.12. The van der Waals surface area contributed by atoms with Crippen molar-refractivity contribution in [2.24, 2.45) is 0 Å². The number of rotatable bonds is 7. The van der Waals surface area contributed by atoms with Gasteiger partial charge in [0.1, 0.15) is 11.6 Å². The number of halogens is 2. The van der Waals surface area contributed by atoms with Gasteiger partial charge in [0.15, 0.2) is 0 Å².